The maximum absolute atomic E-state index is 12.5. The van der Waals surface area contributed by atoms with Gasteiger partial charge in [-0.3, -0.25) is 19.3 Å². The van der Waals surface area contributed by atoms with Gasteiger partial charge in [0, 0.05) is 25.4 Å². The summed E-state index contributed by atoms with van der Waals surface area (Å²) < 4.78 is 14.7. The second-order valence-electron chi connectivity index (χ2n) is 6.21. The second kappa shape index (κ2) is 8.61. The van der Waals surface area contributed by atoms with Gasteiger partial charge in [-0.1, -0.05) is 5.16 Å². The number of β-lactam (4-membered cyclic amide) rings is 1. The lowest BCUT2D eigenvalue weighted by Gasteiger charge is -2.49. The number of thioether (sulfide) groups is 1. The zero-order valence-corrected chi connectivity index (χ0v) is 16.4. The van der Waals surface area contributed by atoms with Crippen molar-refractivity contribution in [1.82, 2.24) is 20.4 Å². The number of nitrogens with zero attached hydrogens (tertiary/aromatic N) is 3. The van der Waals surface area contributed by atoms with Gasteiger partial charge in [0.25, 0.3) is 5.91 Å². The summed E-state index contributed by atoms with van der Waals surface area (Å²) in [6.45, 7) is 1.14. The molecule has 0 spiro atoms. The van der Waals surface area contributed by atoms with Gasteiger partial charge in [-0.2, -0.15) is 4.98 Å². The first-order chi connectivity index (χ1) is 13.8. The first-order valence-corrected chi connectivity index (χ1v) is 9.49. The van der Waals surface area contributed by atoms with Gasteiger partial charge in [0.1, 0.15) is 36.7 Å². The monoisotopic (exact) mass is 426 g/mol. The minimum atomic E-state index is -1.30. The molecule has 0 bridgehead atoms. The summed E-state index contributed by atoms with van der Waals surface area (Å²) >= 11 is 1.27. The predicted octanol–water partition coefficient (Wildman–Crippen LogP) is -0.940. The molecule has 0 saturated carbocycles. The number of rotatable bonds is 8. The maximum atomic E-state index is 12.5. The molecule has 12 nitrogen and oxygen atoms in total. The highest BCUT2D eigenvalue weighted by Crippen LogP contribution is 2.40. The summed E-state index contributed by atoms with van der Waals surface area (Å²) in [5, 5.41) is 15.1. The third kappa shape index (κ3) is 4.40. The number of methoxy groups -OCH3 is 1. The normalized spacial score (nSPS) is 20.8. The summed E-state index contributed by atoms with van der Waals surface area (Å²) in [6, 6.07) is -0.876. The van der Waals surface area contributed by atoms with Gasteiger partial charge < -0.3 is 24.4 Å². The van der Waals surface area contributed by atoms with Crippen molar-refractivity contribution in [3.8, 4) is 0 Å². The van der Waals surface area contributed by atoms with Crippen LogP contribution in [-0.4, -0.2) is 74.8 Å². The van der Waals surface area contributed by atoms with Crippen LogP contribution < -0.4 is 5.32 Å². The fourth-order valence-electron chi connectivity index (χ4n) is 2.89. The number of hydrogen-bond acceptors (Lipinski definition) is 10. The number of carbonyl (C=O) groups is 4. The van der Waals surface area contributed by atoms with Gasteiger partial charge in [0.05, 0.1) is 0 Å². The molecule has 29 heavy (non-hydrogen) atoms. The second-order valence-corrected chi connectivity index (χ2v) is 7.31. The number of hydrogen-bond donors (Lipinski definition) is 2. The smallest absolute Gasteiger partial charge is 0.352 e. The highest BCUT2D eigenvalue weighted by molar-refractivity contribution is 8.00. The van der Waals surface area contributed by atoms with Crippen LogP contribution in [0.15, 0.2) is 15.8 Å². The third-order valence-corrected chi connectivity index (χ3v) is 5.45. The SMILES string of the molecule is COCc1noc(CC(=O)NC2C(=O)N3C(C(=O)O)=C(COC(C)=O)CS[C@H]23)n1. The molecule has 2 atom stereocenters. The van der Waals surface area contributed by atoms with Crippen molar-refractivity contribution in [3.63, 3.8) is 0 Å². The fourth-order valence-corrected chi connectivity index (χ4v) is 4.22. The van der Waals surface area contributed by atoms with E-state index in [2.05, 4.69) is 15.5 Å². The van der Waals surface area contributed by atoms with Crippen molar-refractivity contribution in [2.24, 2.45) is 0 Å². The van der Waals surface area contributed by atoms with Crippen molar-refractivity contribution in [1.29, 1.82) is 0 Å². The minimum absolute atomic E-state index is 0.0734. The van der Waals surface area contributed by atoms with Crippen LogP contribution in [0.1, 0.15) is 18.6 Å². The van der Waals surface area contributed by atoms with E-state index in [0.717, 1.165) is 4.90 Å². The Balaban J connectivity index is 1.64. The first-order valence-electron chi connectivity index (χ1n) is 8.45. The number of carboxylic acids is 1. The van der Waals surface area contributed by atoms with E-state index in [1.165, 1.54) is 25.8 Å². The van der Waals surface area contributed by atoms with E-state index >= 15 is 0 Å². The number of ether oxygens (including phenoxy) is 2. The van der Waals surface area contributed by atoms with Crippen LogP contribution in [0.4, 0.5) is 0 Å². The van der Waals surface area contributed by atoms with E-state index in [1.54, 1.807) is 0 Å². The molecular formula is C16H18N4O8S. The zero-order valence-electron chi connectivity index (χ0n) is 15.5. The molecule has 0 aliphatic carbocycles. The number of aliphatic carboxylic acids is 1. The Kier molecular flexibility index (Phi) is 6.17. The van der Waals surface area contributed by atoms with Crippen molar-refractivity contribution < 1.29 is 38.3 Å². The van der Waals surface area contributed by atoms with E-state index in [9.17, 15) is 24.3 Å². The van der Waals surface area contributed by atoms with Gasteiger partial charge in [-0.15, -0.1) is 11.8 Å². The Hall–Kier alpha value is -2.93. The molecule has 13 heteroatoms. The number of carbonyl (C=O) groups excluding carboxylic acids is 3. The molecule has 156 valence electrons. The lowest BCUT2D eigenvalue weighted by molar-refractivity contribution is -0.151. The van der Waals surface area contributed by atoms with E-state index < -0.39 is 35.2 Å². The number of aromatic nitrogens is 2. The summed E-state index contributed by atoms with van der Waals surface area (Å²) in [7, 11) is 1.47. The Morgan fingerprint density at radius 1 is 1.38 bits per heavy atom. The molecule has 0 aromatic carbocycles. The highest BCUT2D eigenvalue weighted by Gasteiger charge is 2.54. The topological polar surface area (TPSA) is 161 Å². The number of carboxylic acid groups (broad SMARTS) is 1. The van der Waals surface area contributed by atoms with Gasteiger partial charge >= 0.3 is 11.9 Å². The molecule has 0 radical (unpaired) electrons. The van der Waals surface area contributed by atoms with Gasteiger partial charge in [0.2, 0.25) is 11.8 Å². The van der Waals surface area contributed by atoms with Crippen LogP contribution in [0, 0.1) is 0 Å². The molecule has 1 fully saturated rings. The van der Waals surface area contributed by atoms with E-state index in [-0.39, 0.29) is 37.0 Å². The fraction of sp³-hybridized carbons (Fsp3) is 0.500. The van der Waals surface area contributed by atoms with Crippen molar-refractivity contribution in [3.05, 3.63) is 23.0 Å². The van der Waals surface area contributed by atoms with E-state index in [4.69, 9.17) is 14.0 Å². The van der Waals surface area contributed by atoms with Crippen molar-refractivity contribution in [2.45, 2.75) is 31.4 Å². The molecule has 2 amide bonds. The van der Waals surface area contributed by atoms with Gasteiger partial charge in [-0.25, -0.2) is 4.79 Å². The Bertz CT molecular complexity index is 882. The average Bonchev–Trinajstić information content (AvgIpc) is 3.10. The molecule has 2 N–H and O–H groups in total. The summed E-state index contributed by atoms with van der Waals surface area (Å²) in [4.78, 5) is 52.4. The molecule has 2 aliphatic rings. The quantitative estimate of drug-likeness (QED) is 0.390. The van der Waals surface area contributed by atoms with Gasteiger partial charge in [0.15, 0.2) is 5.82 Å². The van der Waals surface area contributed by atoms with Crippen molar-refractivity contribution >= 4 is 35.5 Å². The number of esters is 1. The average molecular weight is 426 g/mol. The number of amides is 2. The lowest BCUT2D eigenvalue weighted by atomic mass is 10.0. The van der Waals surface area contributed by atoms with Crippen LogP contribution >= 0.6 is 11.8 Å². The molecule has 1 unspecified atom stereocenters. The Morgan fingerprint density at radius 2 is 2.14 bits per heavy atom. The minimum Gasteiger partial charge on any atom is -0.477 e. The summed E-state index contributed by atoms with van der Waals surface area (Å²) in [5.74, 6) is -2.30. The molecule has 3 heterocycles. The van der Waals surface area contributed by atoms with Crippen LogP contribution in [0.3, 0.4) is 0 Å². The summed E-state index contributed by atoms with van der Waals surface area (Å²) in [6.07, 6.45) is -0.225. The predicted molar refractivity (Wildman–Crippen MR) is 95.0 cm³/mol. The summed E-state index contributed by atoms with van der Waals surface area (Å²) in [5.41, 5.74) is 0.107. The van der Waals surface area contributed by atoms with Crippen LogP contribution in [0.25, 0.3) is 0 Å². The molecule has 1 saturated heterocycles. The van der Waals surface area contributed by atoms with Gasteiger partial charge in [-0.05, 0) is 0 Å². The molecule has 3 rings (SSSR count). The Labute approximate surface area is 168 Å². The molecule has 2 aliphatic heterocycles. The maximum Gasteiger partial charge on any atom is 0.352 e. The van der Waals surface area contributed by atoms with E-state index in [0.29, 0.717) is 11.4 Å². The van der Waals surface area contributed by atoms with Crippen LogP contribution in [0.5, 0.6) is 0 Å². The molecular weight excluding hydrogens is 408 g/mol. The molecule has 1 aromatic rings. The number of nitrogens with one attached hydrogen (secondary N) is 1. The molecule has 1 aromatic heterocycles. The van der Waals surface area contributed by atoms with Crippen LogP contribution in [0.2, 0.25) is 0 Å². The standard InChI is InChI=1S/C16H18N4O8S/c1-7(21)27-4-8-6-29-15-12(14(23)20(15)13(8)16(24)25)18-10(22)3-11-17-9(5-26-2)19-28-11/h12,15H,3-6H2,1-2H3,(H,18,22)(H,24,25)/t12?,15-/m1/s1. The largest absolute Gasteiger partial charge is 0.477 e. The number of fused-ring (bicyclic) bond motifs is 1. The Morgan fingerprint density at radius 3 is 2.79 bits per heavy atom. The third-order valence-electron chi connectivity index (χ3n) is 4.11. The first kappa shape index (κ1) is 20.8. The lowest BCUT2D eigenvalue weighted by Crippen LogP contribution is -2.70. The highest BCUT2D eigenvalue weighted by atomic mass is 32.2. The zero-order chi connectivity index (χ0) is 21.1. The van der Waals surface area contributed by atoms with Crippen molar-refractivity contribution in [2.75, 3.05) is 19.5 Å². The van der Waals surface area contributed by atoms with Crippen LogP contribution in [-0.2, 0) is 41.7 Å². The van der Waals surface area contributed by atoms with E-state index in [1.807, 2.05) is 0 Å².